The minimum Gasteiger partial charge on any atom is -0.337 e. The zero-order chi connectivity index (χ0) is 20.5. The number of carbonyl (C=O) groups excluding carboxylic acids is 1. The van der Waals surface area contributed by atoms with Crippen molar-refractivity contribution < 1.29 is 21.6 Å². The smallest absolute Gasteiger partial charge is 0.242 e. The first-order valence-electron chi connectivity index (χ1n) is 9.27. The molecule has 0 N–H and O–H groups in total. The van der Waals surface area contributed by atoms with E-state index in [1.165, 1.54) is 4.57 Å². The van der Waals surface area contributed by atoms with Crippen molar-refractivity contribution in [2.24, 2.45) is 0 Å². The third-order valence-electron chi connectivity index (χ3n) is 4.97. The molecule has 0 radical (unpaired) electrons. The van der Waals surface area contributed by atoms with Crippen LogP contribution in [-0.4, -0.2) is 67.5 Å². The number of imidazole rings is 1. The van der Waals surface area contributed by atoms with Gasteiger partial charge in [-0.15, -0.1) is 0 Å². The van der Waals surface area contributed by atoms with Gasteiger partial charge in [-0.3, -0.25) is 4.79 Å². The van der Waals surface area contributed by atoms with Gasteiger partial charge in [-0.25, -0.2) is 21.8 Å². The molecule has 3 rings (SSSR count). The highest BCUT2D eigenvalue weighted by Crippen LogP contribution is 2.22. The lowest BCUT2D eigenvalue weighted by atomic mass is 10.2. The summed E-state index contributed by atoms with van der Waals surface area (Å²) in [6, 6.07) is 6.57. The van der Waals surface area contributed by atoms with Crippen molar-refractivity contribution in [1.29, 1.82) is 0 Å². The van der Waals surface area contributed by atoms with Gasteiger partial charge in [0.15, 0.2) is 9.84 Å². The monoisotopic (exact) mass is 427 g/mol. The second-order valence-electron chi connectivity index (χ2n) is 7.24. The SMILES string of the molecule is CCCCN(C(=O)Cn1c(S(C)(=O)=O)nc2ccccc21)C1CCS(=O)(=O)C1. The van der Waals surface area contributed by atoms with Gasteiger partial charge in [-0.1, -0.05) is 25.5 Å². The number of unbranched alkanes of at least 4 members (excludes halogenated alkanes) is 1. The van der Waals surface area contributed by atoms with E-state index in [1.807, 2.05) is 6.92 Å². The van der Waals surface area contributed by atoms with Crippen LogP contribution in [0.4, 0.5) is 0 Å². The lowest BCUT2D eigenvalue weighted by Crippen LogP contribution is -2.43. The maximum atomic E-state index is 13.1. The van der Waals surface area contributed by atoms with E-state index >= 15 is 0 Å². The number of para-hydroxylation sites is 2. The number of fused-ring (bicyclic) bond motifs is 1. The Bertz CT molecular complexity index is 1090. The number of amides is 1. The summed E-state index contributed by atoms with van der Waals surface area (Å²) in [5, 5.41) is -0.156. The fourth-order valence-corrected chi connectivity index (χ4v) is 6.13. The largest absolute Gasteiger partial charge is 0.337 e. The lowest BCUT2D eigenvalue weighted by Gasteiger charge is -2.28. The van der Waals surface area contributed by atoms with Crippen molar-refractivity contribution >= 4 is 36.6 Å². The first-order valence-corrected chi connectivity index (χ1v) is 13.0. The number of rotatable bonds is 7. The van der Waals surface area contributed by atoms with E-state index in [0.717, 1.165) is 19.1 Å². The van der Waals surface area contributed by atoms with Gasteiger partial charge >= 0.3 is 0 Å². The fourth-order valence-electron chi connectivity index (χ4n) is 3.58. The van der Waals surface area contributed by atoms with Gasteiger partial charge in [0.1, 0.15) is 6.54 Å². The van der Waals surface area contributed by atoms with Crippen LogP contribution in [-0.2, 0) is 31.0 Å². The summed E-state index contributed by atoms with van der Waals surface area (Å²) >= 11 is 0. The average Bonchev–Trinajstić information content (AvgIpc) is 3.16. The van der Waals surface area contributed by atoms with Gasteiger partial charge in [0.05, 0.1) is 22.5 Å². The second kappa shape index (κ2) is 7.82. The van der Waals surface area contributed by atoms with Crippen LogP contribution in [0.3, 0.4) is 0 Å². The summed E-state index contributed by atoms with van der Waals surface area (Å²) in [7, 11) is -6.77. The minimum absolute atomic E-state index is 0.0357. The molecule has 10 heteroatoms. The molecule has 1 aromatic heterocycles. The molecule has 1 amide bonds. The molecule has 1 saturated heterocycles. The Labute approximate surface area is 165 Å². The van der Waals surface area contributed by atoms with Crippen molar-refractivity contribution in [3.63, 3.8) is 0 Å². The van der Waals surface area contributed by atoms with Crippen LogP contribution in [0.5, 0.6) is 0 Å². The third kappa shape index (κ3) is 4.38. The Morgan fingerprint density at radius 2 is 2.04 bits per heavy atom. The first kappa shape index (κ1) is 20.8. The van der Waals surface area contributed by atoms with Crippen molar-refractivity contribution in [3.8, 4) is 0 Å². The molecule has 1 aliphatic heterocycles. The van der Waals surface area contributed by atoms with Gasteiger partial charge in [-0.2, -0.15) is 0 Å². The third-order valence-corrected chi connectivity index (χ3v) is 7.69. The normalized spacial score (nSPS) is 19.1. The van der Waals surface area contributed by atoms with Crippen LogP contribution in [0, 0.1) is 0 Å². The van der Waals surface area contributed by atoms with Crippen molar-refractivity contribution in [2.45, 2.75) is 43.9 Å². The molecule has 154 valence electrons. The highest BCUT2D eigenvalue weighted by molar-refractivity contribution is 7.91. The van der Waals surface area contributed by atoms with Crippen LogP contribution < -0.4 is 0 Å². The molecule has 0 spiro atoms. The van der Waals surface area contributed by atoms with E-state index in [9.17, 15) is 21.6 Å². The Balaban J connectivity index is 1.95. The Kier molecular flexibility index (Phi) is 5.81. The summed E-state index contributed by atoms with van der Waals surface area (Å²) in [5.74, 6) is -0.244. The predicted octanol–water partition coefficient (Wildman–Crippen LogP) is 1.26. The van der Waals surface area contributed by atoms with E-state index in [2.05, 4.69) is 4.98 Å². The summed E-state index contributed by atoms with van der Waals surface area (Å²) in [6.07, 6.45) is 3.10. The van der Waals surface area contributed by atoms with Gasteiger partial charge in [0, 0.05) is 18.8 Å². The summed E-state index contributed by atoms with van der Waals surface area (Å²) in [6.45, 7) is 2.26. The molecule has 1 fully saturated rings. The van der Waals surface area contributed by atoms with Gasteiger partial charge in [0.25, 0.3) is 0 Å². The molecule has 0 bridgehead atoms. The topological polar surface area (TPSA) is 106 Å². The molecule has 1 atom stereocenters. The molecule has 0 aliphatic carbocycles. The summed E-state index contributed by atoms with van der Waals surface area (Å²) < 4.78 is 49.6. The summed E-state index contributed by atoms with van der Waals surface area (Å²) in [5.41, 5.74) is 1.06. The fraction of sp³-hybridized carbons (Fsp3) is 0.556. The number of nitrogens with zero attached hydrogens (tertiary/aromatic N) is 3. The van der Waals surface area contributed by atoms with E-state index in [-0.39, 0.29) is 35.2 Å². The van der Waals surface area contributed by atoms with E-state index in [0.29, 0.717) is 24.0 Å². The van der Waals surface area contributed by atoms with Crippen LogP contribution in [0.15, 0.2) is 29.4 Å². The van der Waals surface area contributed by atoms with E-state index in [4.69, 9.17) is 0 Å². The number of benzene rings is 1. The number of hydrogen-bond acceptors (Lipinski definition) is 6. The first-order chi connectivity index (χ1) is 13.1. The zero-order valence-electron chi connectivity index (χ0n) is 16.0. The Morgan fingerprint density at radius 3 is 2.64 bits per heavy atom. The molecule has 0 saturated carbocycles. The maximum absolute atomic E-state index is 13.1. The highest BCUT2D eigenvalue weighted by Gasteiger charge is 2.35. The molecule has 1 aromatic carbocycles. The Hall–Kier alpha value is -1.94. The molecular formula is C18H25N3O5S2. The van der Waals surface area contributed by atoms with Crippen LogP contribution in [0.2, 0.25) is 0 Å². The molecule has 2 heterocycles. The molecule has 1 aliphatic rings. The standard InChI is InChI=1S/C18H25N3O5S2/c1-3-4-10-20(14-9-11-28(25,26)13-14)17(22)12-21-16-8-6-5-7-15(16)19-18(21)27(2,23)24/h5-8,14H,3-4,9-13H2,1-2H3. The number of carbonyl (C=O) groups is 1. The van der Waals surface area contributed by atoms with Gasteiger partial charge < -0.3 is 9.47 Å². The van der Waals surface area contributed by atoms with Crippen LogP contribution >= 0.6 is 0 Å². The molecule has 2 aromatic rings. The van der Waals surface area contributed by atoms with Crippen LogP contribution in [0.1, 0.15) is 26.2 Å². The van der Waals surface area contributed by atoms with Gasteiger partial charge in [-0.05, 0) is 25.0 Å². The van der Waals surface area contributed by atoms with E-state index in [1.54, 1.807) is 29.2 Å². The lowest BCUT2D eigenvalue weighted by molar-refractivity contribution is -0.133. The Morgan fingerprint density at radius 1 is 1.32 bits per heavy atom. The van der Waals surface area contributed by atoms with Crippen molar-refractivity contribution in [1.82, 2.24) is 14.5 Å². The van der Waals surface area contributed by atoms with Gasteiger partial charge in [0.2, 0.25) is 20.9 Å². The minimum atomic E-state index is -3.64. The number of hydrogen-bond donors (Lipinski definition) is 0. The van der Waals surface area contributed by atoms with Crippen molar-refractivity contribution in [2.75, 3.05) is 24.3 Å². The number of aromatic nitrogens is 2. The second-order valence-corrected chi connectivity index (χ2v) is 11.4. The molecular weight excluding hydrogens is 402 g/mol. The van der Waals surface area contributed by atoms with Crippen LogP contribution in [0.25, 0.3) is 11.0 Å². The zero-order valence-corrected chi connectivity index (χ0v) is 17.7. The highest BCUT2D eigenvalue weighted by atomic mass is 32.2. The summed E-state index contributed by atoms with van der Waals surface area (Å²) in [4.78, 5) is 18.9. The van der Waals surface area contributed by atoms with E-state index < -0.39 is 19.7 Å². The maximum Gasteiger partial charge on any atom is 0.242 e. The molecule has 28 heavy (non-hydrogen) atoms. The predicted molar refractivity (Wildman–Crippen MR) is 107 cm³/mol. The number of sulfone groups is 2. The molecule has 1 unspecified atom stereocenters. The molecule has 8 nitrogen and oxygen atoms in total. The average molecular weight is 428 g/mol. The quantitative estimate of drug-likeness (QED) is 0.658. The van der Waals surface area contributed by atoms with Crippen molar-refractivity contribution in [3.05, 3.63) is 24.3 Å².